The molecule has 0 bridgehead atoms. The molecule has 0 spiro atoms. The van der Waals surface area contributed by atoms with Crippen LogP contribution in [-0.2, 0) is 9.53 Å². The van der Waals surface area contributed by atoms with Crippen LogP contribution in [0.4, 0.5) is 0 Å². The van der Waals surface area contributed by atoms with Crippen molar-refractivity contribution in [2.24, 2.45) is 5.10 Å². The van der Waals surface area contributed by atoms with Crippen molar-refractivity contribution in [3.8, 4) is 0 Å². The van der Waals surface area contributed by atoms with Crippen molar-refractivity contribution in [1.82, 2.24) is 5.01 Å². The van der Waals surface area contributed by atoms with Crippen LogP contribution in [0.3, 0.4) is 0 Å². The Balaban J connectivity index is 1.67. The van der Waals surface area contributed by atoms with E-state index in [1.807, 2.05) is 24.3 Å². The van der Waals surface area contributed by atoms with Crippen LogP contribution < -0.4 is 0 Å². The maximum Gasteiger partial charge on any atom is 0.272 e. The lowest BCUT2D eigenvalue weighted by molar-refractivity contribution is -0.142. The minimum atomic E-state index is -0.378. The van der Waals surface area contributed by atoms with Crippen molar-refractivity contribution in [2.75, 3.05) is 6.61 Å². The summed E-state index contributed by atoms with van der Waals surface area (Å²) < 4.78 is 11.1. The van der Waals surface area contributed by atoms with Gasteiger partial charge < -0.3 is 9.15 Å². The molecule has 0 unspecified atom stereocenters. The Hall–Kier alpha value is -2.40. The molecule has 1 aromatic carbocycles. The summed E-state index contributed by atoms with van der Waals surface area (Å²) in [5, 5.41) is 6.19. The number of benzene rings is 1. The van der Waals surface area contributed by atoms with Gasteiger partial charge in [-0.15, -0.1) is 0 Å². The zero-order chi connectivity index (χ0) is 16.5. The van der Waals surface area contributed by atoms with Crippen molar-refractivity contribution in [2.45, 2.75) is 38.3 Å². The topological polar surface area (TPSA) is 55.0 Å². The Morgan fingerprint density at radius 2 is 2.21 bits per heavy atom. The quantitative estimate of drug-likeness (QED) is 0.869. The van der Waals surface area contributed by atoms with Gasteiger partial charge in [0, 0.05) is 13.0 Å². The monoisotopic (exact) mass is 324 g/mol. The average Bonchev–Trinajstić information content (AvgIpc) is 3.34. The van der Waals surface area contributed by atoms with E-state index in [0.717, 1.165) is 29.9 Å². The normalized spacial score (nSPS) is 23.5. The molecule has 1 saturated heterocycles. The number of hydrogen-bond donors (Lipinski definition) is 0. The molecule has 2 aliphatic rings. The second-order valence-electron chi connectivity index (χ2n) is 6.34. The van der Waals surface area contributed by atoms with Crippen LogP contribution in [0.2, 0.25) is 0 Å². The fourth-order valence-corrected chi connectivity index (χ4v) is 3.36. The molecule has 0 N–H and O–H groups in total. The summed E-state index contributed by atoms with van der Waals surface area (Å²) in [5.74, 6) is 0.663. The third-order valence-corrected chi connectivity index (χ3v) is 4.57. The van der Waals surface area contributed by atoms with Crippen LogP contribution in [0.5, 0.6) is 0 Å². The number of carbonyl (C=O) groups excluding carboxylic acids is 1. The molecular formula is C19H20N2O3. The molecule has 2 atom stereocenters. The summed E-state index contributed by atoms with van der Waals surface area (Å²) in [6.07, 6.45) is 3.59. The Kier molecular flexibility index (Phi) is 3.94. The Bertz CT molecular complexity index is 761. The lowest BCUT2D eigenvalue weighted by atomic mass is 9.99. The molecule has 1 amide bonds. The van der Waals surface area contributed by atoms with E-state index in [1.54, 1.807) is 11.3 Å². The molecule has 2 aliphatic heterocycles. The highest BCUT2D eigenvalue weighted by Crippen LogP contribution is 2.34. The van der Waals surface area contributed by atoms with Gasteiger partial charge in [-0.1, -0.05) is 29.8 Å². The van der Waals surface area contributed by atoms with Gasteiger partial charge in [0.25, 0.3) is 5.91 Å². The van der Waals surface area contributed by atoms with Crippen molar-refractivity contribution in [3.63, 3.8) is 0 Å². The third-order valence-electron chi connectivity index (χ3n) is 4.57. The molecule has 0 radical (unpaired) electrons. The Labute approximate surface area is 140 Å². The van der Waals surface area contributed by atoms with E-state index in [2.05, 4.69) is 24.2 Å². The highest BCUT2D eigenvalue weighted by Gasteiger charge is 2.38. The largest absolute Gasteiger partial charge is 0.463 e. The number of amides is 1. The van der Waals surface area contributed by atoms with Gasteiger partial charge in [0.15, 0.2) is 0 Å². The highest BCUT2D eigenvalue weighted by molar-refractivity contribution is 6.01. The predicted molar refractivity (Wildman–Crippen MR) is 89.6 cm³/mol. The van der Waals surface area contributed by atoms with Crippen LogP contribution in [0.25, 0.3) is 0 Å². The average molecular weight is 324 g/mol. The van der Waals surface area contributed by atoms with Gasteiger partial charge >= 0.3 is 0 Å². The minimum Gasteiger partial charge on any atom is -0.463 e. The summed E-state index contributed by atoms with van der Waals surface area (Å²) in [7, 11) is 0. The highest BCUT2D eigenvalue weighted by atomic mass is 16.5. The number of aryl methyl sites for hydroxylation is 1. The lowest BCUT2D eigenvalue weighted by Gasteiger charge is -2.24. The molecule has 5 heteroatoms. The molecular weight excluding hydrogens is 304 g/mol. The van der Waals surface area contributed by atoms with E-state index in [4.69, 9.17) is 9.15 Å². The minimum absolute atomic E-state index is 0.0550. The predicted octanol–water partition coefficient (Wildman–Crippen LogP) is 3.44. The fourth-order valence-electron chi connectivity index (χ4n) is 3.36. The number of nitrogens with zero attached hydrogens (tertiary/aromatic N) is 2. The van der Waals surface area contributed by atoms with Crippen molar-refractivity contribution in [1.29, 1.82) is 0 Å². The number of ether oxygens (including phenoxy) is 1. The van der Waals surface area contributed by atoms with Crippen LogP contribution in [0, 0.1) is 6.92 Å². The molecule has 0 aliphatic carbocycles. The second kappa shape index (κ2) is 6.24. The third kappa shape index (κ3) is 2.76. The Morgan fingerprint density at radius 3 is 2.92 bits per heavy atom. The molecule has 4 rings (SSSR count). The van der Waals surface area contributed by atoms with Crippen molar-refractivity contribution < 1.29 is 13.9 Å². The first kappa shape index (κ1) is 15.1. The number of rotatable bonds is 3. The molecule has 124 valence electrons. The second-order valence-corrected chi connectivity index (χ2v) is 6.34. The number of furan rings is 1. The smallest absolute Gasteiger partial charge is 0.272 e. The molecule has 5 nitrogen and oxygen atoms in total. The Morgan fingerprint density at radius 1 is 1.29 bits per heavy atom. The molecule has 2 aromatic rings. The van der Waals surface area contributed by atoms with Gasteiger partial charge in [-0.05, 0) is 37.5 Å². The van der Waals surface area contributed by atoms with Gasteiger partial charge in [0.2, 0.25) is 0 Å². The summed E-state index contributed by atoms with van der Waals surface area (Å²) in [6, 6.07) is 11.8. The first-order chi connectivity index (χ1) is 11.7. The van der Waals surface area contributed by atoms with E-state index in [9.17, 15) is 4.79 Å². The van der Waals surface area contributed by atoms with Gasteiger partial charge in [0.05, 0.1) is 12.3 Å². The molecule has 1 aromatic heterocycles. The van der Waals surface area contributed by atoms with E-state index in [1.165, 1.54) is 5.56 Å². The molecule has 1 fully saturated rings. The van der Waals surface area contributed by atoms with Gasteiger partial charge in [-0.25, -0.2) is 5.01 Å². The summed E-state index contributed by atoms with van der Waals surface area (Å²) >= 11 is 0. The van der Waals surface area contributed by atoms with E-state index in [-0.39, 0.29) is 18.1 Å². The zero-order valence-corrected chi connectivity index (χ0v) is 13.6. The zero-order valence-electron chi connectivity index (χ0n) is 13.6. The molecule has 3 heterocycles. The summed E-state index contributed by atoms with van der Waals surface area (Å²) in [5.41, 5.74) is 3.06. The molecule has 24 heavy (non-hydrogen) atoms. The maximum atomic E-state index is 12.9. The maximum absolute atomic E-state index is 12.9. The van der Waals surface area contributed by atoms with Crippen molar-refractivity contribution >= 4 is 11.6 Å². The first-order valence-corrected chi connectivity index (χ1v) is 8.35. The van der Waals surface area contributed by atoms with Gasteiger partial charge in [-0.2, -0.15) is 5.10 Å². The van der Waals surface area contributed by atoms with E-state index in [0.29, 0.717) is 13.0 Å². The first-order valence-electron chi connectivity index (χ1n) is 8.35. The van der Waals surface area contributed by atoms with Crippen molar-refractivity contribution in [3.05, 3.63) is 59.5 Å². The summed E-state index contributed by atoms with van der Waals surface area (Å²) in [4.78, 5) is 12.9. The number of hydrazone groups is 1. The standard InChI is InChI=1S/C19H20N2O3/c1-13-5-2-6-14(11-13)16-12-15(17-7-3-9-23-17)20-21(16)19(22)18-8-4-10-24-18/h2-3,5-7,9,11,16,18H,4,8,10,12H2,1H3/t16-,18-/m1/s1. The van der Waals surface area contributed by atoms with E-state index >= 15 is 0 Å². The number of hydrogen-bond acceptors (Lipinski definition) is 4. The SMILES string of the molecule is Cc1cccc([C@H]2CC(c3ccco3)=NN2C(=O)[C@H]2CCCO2)c1. The molecule has 0 saturated carbocycles. The lowest BCUT2D eigenvalue weighted by Crippen LogP contribution is -2.35. The van der Waals surface area contributed by atoms with Crippen LogP contribution in [0.1, 0.15) is 42.2 Å². The van der Waals surface area contributed by atoms with Gasteiger partial charge in [-0.3, -0.25) is 4.79 Å². The van der Waals surface area contributed by atoms with E-state index < -0.39 is 0 Å². The van der Waals surface area contributed by atoms with Crippen LogP contribution >= 0.6 is 0 Å². The van der Waals surface area contributed by atoms with Crippen LogP contribution in [-0.4, -0.2) is 29.3 Å². The summed E-state index contributed by atoms with van der Waals surface area (Å²) in [6.45, 7) is 2.70. The fraction of sp³-hybridized carbons (Fsp3) is 0.368. The van der Waals surface area contributed by atoms with Crippen LogP contribution in [0.15, 0.2) is 52.2 Å². The number of carbonyl (C=O) groups is 1. The van der Waals surface area contributed by atoms with Gasteiger partial charge in [0.1, 0.15) is 17.6 Å².